The Balaban J connectivity index is 2.36. The zero-order chi connectivity index (χ0) is 17.4. The first-order valence-corrected chi connectivity index (χ1v) is 8.50. The van der Waals surface area contributed by atoms with Crippen LogP contribution in [0, 0.1) is 10.8 Å². The Morgan fingerprint density at radius 2 is 1.33 bits per heavy atom. The van der Waals surface area contributed by atoms with Gasteiger partial charge in [0.15, 0.2) is 6.29 Å². The Morgan fingerprint density at radius 3 is 1.79 bits per heavy atom. The maximum Gasteiger partial charge on any atom is 0.163 e. The lowest BCUT2D eigenvalue weighted by Gasteiger charge is -2.48. The van der Waals surface area contributed by atoms with E-state index in [0.717, 1.165) is 0 Å². The Morgan fingerprint density at radius 1 is 0.875 bits per heavy atom. The first kappa shape index (κ1) is 16.9. The van der Waals surface area contributed by atoms with Crippen molar-refractivity contribution in [2.45, 2.75) is 34.0 Å². The molecule has 0 amide bonds. The molecule has 126 valence electrons. The second-order valence-electron chi connectivity index (χ2n) is 7.75. The van der Waals surface area contributed by atoms with Crippen LogP contribution in [0.1, 0.15) is 38.8 Å². The largest absolute Gasteiger partial charge is 0.367 e. The summed E-state index contributed by atoms with van der Waals surface area (Å²) in [5.41, 5.74) is 4.16. The van der Waals surface area contributed by atoms with Gasteiger partial charge in [-0.2, -0.15) is 0 Å². The second-order valence-corrected chi connectivity index (χ2v) is 7.75. The summed E-state index contributed by atoms with van der Waals surface area (Å²) in [7, 11) is 0. The molecule has 1 N–H and O–H groups in total. The molecule has 3 rings (SSSR count). The van der Waals surface area contributed by atoms with Crippen molar-refractivity contribution >= 4 is 5.57 Å². The molecule has 1 aliphatic heterocycles. The standard InChI is InChI=1S/C22H26O2/c1-21(2)15-24-20(23)22(3,4)19(21)18(16-11-7-5-8-12-16)17-13-9-6-10-14-17/h5-14,20,23H,15H2,1-4H3. The van der Waals surface area contributed by atoms with Crippen LogP contribution >= 0.6 is 0 Å². The van der Waals surface area contributed by atoms with Crippen LogP contribution in [0.4, 0.5) is 0 Å². The molecule has 1 fully saturated rings. The SMILES string of the molecule is CC1(C)COC(O)C(C)(C)C1=C(c1ccccc1)c1ccccc1. The van der Waals surface area contributed by atoms with Crippen molar-refractivity contribution in [3.8, 4) is 0 Å². The lowest BCUT2D eigenvalue weighted by Crippen LogP contribution is -2.47. The predicted octanol–water partition coefficient (Wildman–Crippen LogP) is 4.89. The van der Waals surface area contributed by atoms with Crippen molar-refractivity contribution in [2.75, 3.05) is 6.61 Å². The van der Waals surface area contributed by atoms with Crippen molar-refractivity contribution in [1.29, 1.82) is 0 Å². The average Bonchev–Trinajstić information content (AvgIpc) is 2.57. The molecule has 1 aliphatic rings. The summed E-state index contributed by atoms with van der Waals surface area (Å²) >= 11 is 0. The number of aliphatic hydroxyl groups excluding tert-OH is 1. The van der Waals surface area contributed by atoms with Gasteiger partial charge in [-0.05, 0) is 22.3 Å². The van der Waals surface area contributed by atoms with E-state index in [1.54, 1.807) is 0 Å². The molecular weight excluding hydrogens is 296 g/mol. The minimum Gasteiger partial charge on any atom is -0.367 e. The topological polar surface area (TPSA) is 29.5 Å². The molecule has 2 aromatic carbocycles. The Labute approximate surface area is 144 Å². The summed E-state index contributed by atoms with van der Waals surface area (Å²) < 4.78 is 5.68. The Kier molecular flexibility index (Phi) is 4.37. The molecule has 2 heteroatoms. The van der Waals surface area contributed by atoms with E-state index in [-0.39, 0.29) is 5.41 Å². The van der Waals surface area contributed by atoms with Gasteiger partial charge in [-0.25, -0.2) is 0 Å². The molecule has 1 heterocycles. The number of aliphatic hydroxyl groups is 1. The van der Waals surface area contributed by atoms with Gasteiger partial charge in [0, 0.05) is 10.8 Å². The van der Waals surface area contributed by atoms with Crippen LogP contribution in [0.3, 0.4) is 0 Å². The van der Waals surface area contributed by atoms with Gasteiger partial charge >= 0.3 is 0 Å². The van der Waals surface area contributed by atoms with Crippen LogP contribution in [-0.2, 0) is 4.74 Å². The number of hydrogen-bond acceptors (Lipinski definition) is 2. The van der Waals surface area contributed by atoms with Gasteiger partial charge in [-0.1, -0.05) is 88.4 Å². The highest BCUT2D eigenvalue weighted by Gasteiger charge is 2.47. The minimum atomic E-state index is -0.803. The van der Waals surface area contributed by atoms with Gasteiger partial charge in [-0.3, -0.25) is 0 Å². The average molecular weight is 322 g/mol. The fourth-order valence-electron chi connectivity index (χ4n) is 3.89. The molecule has 2 aromatic rings. The van der Waals surface area contributed by atoms with Gasteiger partial charge in [0.2, 0.25) is 0 Å². The second kappa shape index (κ2) is 6.19. The van der Waals surface area contributed by atoms with E-state index >= 15 is 0 Å². The van der Waals surface area contributed by atoms with E-state index in [9.17, 15) is 5.11 Å². The molecular formula is C22H26O2. The van der Waals surface area contributed by atoms with Gasteiger partial charge in [0.1, 0.15) is 0 Å². The molecule has 0 aromatic heterocycles. The number of ether oxygens (including phenoxy) is 1. The van der Waals surface area contributed by atoms with E-state index in [4.69, 9.17) is 4.74 Å². The fourth-order valence-corrected chi connectivity index (χ4v) is 3.89. The highest BCUT2D eigenvalue weighted by Crippen LogP contribution is 2.51. The Hall–Kier alpha value is -1.90. The first-order chi connectivity index (χ1) is 11.3. The highest BCUT2D eigenvalue weighted by molar-refractivity contribution is 5.83. The van der Waals surface area contributed by atoms with Gasteiger partial charge in [-0.15, -0.1) is 0 Å². The number of rotatable bonds is 2. The van der Waals surface area contributed by atoms with Gasteiger partial charge in [0.25, 0.3) is 0 Å². The van der Waals surface area contributed by atoms with Gasteiger partial charge in [0.05, 0.1) is 6.61 Å². The summed E-state index contributed by atoms with van der Waals surface area (Å²) in [6.07, 6.45) is -0.803. The van der Waals surface area contributed by atoms with Gasteiger partial charge < -0.3 is 9.84 Å². The molecule has 1 unspecified atom stereocenters. The van der Waals surface area contributed by atoms with E-state index in [2.05, 4.69) is 76.2 Å². The van der Waals surface area contributed by atoms with Crippen molar-refractivity contribution in [2.24, 2.45) is 10.8 Å². The van der Waals surface area contributed by atoms with Crippen LogP contribution in [0.2, 0.25) is 0 Å². The zero-order valence-corrected chi connectivity index (χ0v) is 14.9. The van der Waals surface area contributed by atoms with Crippen LogP contribution in [-0.4, -0.2) is 18.0 Å². The third-order valence-electron chi connectivity index (χ3n) is 4.92. The monoisotopic (exact) mass is 322 g/mol. The molecule has 2 nitrogen and oxygen atoms in total. The molecule has 0 aliphatic carbocycles. The lowest BCUT2D eigenvalue weighted by molar-refractivity contribution is -0.194. The summed E-state index contributed by atoms with van der Waals surface area (Å²) in [5, 5.41) is 10.5. The van der Waals surface area contributed by atoms with Crippen molar-refractivity contribution in [1.82, 2.24) is 0 Å². The molecule has 0 saturated carbocycles. The maximum absolute atomic E-state index is 10.5. The molecule has 1 saturated heterocycles. The van der Waals surface area contributed by atoms with E-state index in [1.807, 2.05) is 12.1 Å². The van der Waals surface area contributed by atoms with Crippen LogP contribution in [0.15, 0.2) is 66.2 Å². The smallest absolute Gasteiger partial charge is 0.163 e. The molecule has 0 spiro atoms. The van der Waals surface area contributed by atoms with E-state index in [1.165, 1.54) is 22.3 Å². The normalized spacial score (nSPS) is 22.2. The van der Waals surface area contributed by atoms with E-state index < -0.39 is 11.7 Å². The molecule has 24 heavy (non-hydrogen) atoms. The minimum absolute atomic E-state index is 0.163. The third kappa shape index (κ3) is 2.92. The van der Waals surface area contributed by atoms with Crippen molar-refractivity contribution in [3.63, 3.8) is 0 Å². The fraction of sp³-hybridized carbons (Fsp3) is 0.364. The van der Waals surface area contributed by atoms with Crippen LogP contribution in [0.25, 0.3) is 5.57 Å². The van der Waals surface area contributed by atoms with Crippen LogP contribution in [0.5, 0.6) is 0 Å². The number of benzene rings is 2. The highest BCUT2D eigenvalue weighted by atomic mass is 16.6. The zero-order valence-electron chi connectivity index (χ0n) is 14.9. The summed E-state index contributed by atoms with van der Waals surface area (Å²) in [6, 6.07) is 20.9. The van der Waals surface area contributed by atoms with Crippen molar-refractivity contribution in [3.05, 3.63) is 77.4 Å². The van der Waals surface area contributed by atoms with Crippen molar-refractivity contribution < 1.29 is 9.84 Å². The molecule has 0 radical (unpaired) electrons. The molecule has 0 bridgehead atoms. The Bertz CT molecular complexity index is 686. The predicted molar refractivity (Wildman–Crippen MR) is 98.4 cm³/mol. The van der Waals surface area contributed by atoms with E-state index in [0.29, 0.717) is 6.61 Å². The number of hydrogen-bond donors (Lipinski definition) is 1. The molecule has 1 atom stereocenters. The first-order valence-electron chi connectivity index (χ1n) is 8.50. The lowest BCUT2D eigenvalue weighted by atomic mass is 9.64. The maximum atomic E-state index is 10.5. The summed E-state index contributed by atoms with van der Waals surface area (Å²) in [4.78, 5) is 0. The third-order valence-corrected chi connectivity index (χ3v) is 4.92. The summed E-state index contributed by atoms with van der Waals surface area (Å²) in [6.45, 7) is 9.04. The summed E-state index contributed by atoms with van der Waals surface area (Å²) in [5.74, 6) is 0. The quantitative estimate of drug-likeness (QED) is 0.853. The van der Waals surface area contributed by atoms with Crippen LogP contribution < -0.4 is 0 Å².